The van der Waals surface area contributed by atoms with Crippen LogP contribution < -0.4 is 10.6 Å². The standard InChI is InChI=1S/C39H46N6O4S/c1-5-19-43-25-36(47)44-33(20-27-11-14-31(46)15-12-27)37(48)42(24-35(44)45(43)38(49)41-22-28-9-7-6-8-10-28)23-29-26-50-34-21-30(13-16-32(29)34)40-18-17-39(2,3)4/h5-16,21,26,33,35,40,46H,1,17-20,22-25H2,2-4H3,(H,41,49)/t33-,35-/m0/s1. The summed E-state index contributed by atoms with van der Waals surface area (Å²) >= 11 is 1.64. The fourth-order valence-electron chi connectivity index (χ4n) is 6.66. The largest absolute Gasteiger partial charge is 0.508 e. The van der Waals surface area contributed by atoms with Gasteiger partial charge in [0.15, 0.2) is 0 Å². The molecule has 0 radical (unpaired) electrons. The summed E-state index contributed by atoms with van der Waals surface area (Å²) in [4.78, 5) is 45.7. The Hall–Kier alpha value is -4.87. The summed E-state index contributed by atoms with van der Waals surface area (Å²) in [5, 5.41) is 23.0. The first-order valence-corrected chi connectivity index (χ1v) is 18.0. The third-order valence-electron chi connectivity index (χ3n) is 9.25. The molecule has 2 aliphatic heterocycles. The van der Waals surface area contributed by atoms with Crippen molar-refractivity contribution in [1.82, 2.24) is 25.1 Å². The smallest absolute Gasteiger partial charge is 0.334 e. The van der Waals surface area contributed by atoms with E-state index in [2.05, 4.69) is 61.6 Å². The van der Waals surface area contributed by atoms with E-state index in [-0.39, 0.29) is 55.1 Å². The van der Waals surface area contributed by atoms with E-state index in [9.17, 15) is 19.5 Å². The van der Waals surface area contributed by atoms with Crippen molar-refractivity contribution >= 4 is 45.0 Å². The summed E-state index contributed by atoms with van der Waals surface area (Å²) in [6, 6.07) is 21.5. The van der Waals surface area contributed by atoms with Gasteiger partial charge in [-0.1, -0.05) is 75.4 Å². The SMILES string of the molecule is C=CCN1CC(=O)N2[C@@H](Cc3ccc(O)cc3)C(=O)N(Cc3csc4cc(NCCC(C)(C)C)ccc34)C[C@@H]2N1C(=O)NCc1ccccc1. The Kier molecular flexibility index (Phi) is 10.4. The van der Waals surface area contributed by atoms with Crippen molar-refractivity contribution in [3.05, 3.63) is 108 Å². The summed E-state index contributed by atoms with van der Waals surface area (Å²) in [5.74, 6) is -0.284. The number of thiophene rings is 1. The predicted molar refractivity (Wildman–Crippen MR) is 198 cm³/mol. The minimum atomic E-state index is -0.843. The maximum atomic E-state index is 14.4. The maximum Gasteiger partial charge on any atom is 0.334 e. The van der Waals surface area contributed by atoms with E-state index >= 15 is 0 Å². The van der Waals surface area contributed by atoms with E-state index in [1.54, 1.807) is 61.5 Å². The number of hydrogen-bond donors (Lipinski definition) is 3. The van der Waals surface area contributed by atoms with Gasteiger partial charge in [-0.25, -0.2) is 14.8 Å². The van der Waals surface area contributed by atoms with Crippen LogP contribution in [0.25, 0.3) is 10.1 Å². The summed E-state index contributed by atoms with van der Waals surface area (Å²) in [6.45, 7) is 12.5. The van der Waals surface area contributed by atoms with Crippen molar-refractivity contribution in [1.29, 1.82) is 0 Å². The lowest BCUT2D eigenvalue weighted by Gasteiger charge is -2.55. The van der Waals surface area contributed by atoms with E-state index < -0.39 is 12.2 Å². The highest BCUT2D eigenvalue weighted by atomic mass is 32.1. The van der Waals surface area contributed by atoms with Gasteiger partial charge in [-0.15, -0.1) is 17.9 Å². The molecule has 0 aliphatic carbocycles. The highest BCUT2D eigenvalue weighted by Gasteiger charge is 2.51. The monoisotopic (exact) mass is 694 g/mol. The lowest BCUT2D eigenvalue weighted by molar-refractivity contribution is -0.189. The number of anilines is 1. The molecule has 2 fully saturated rings. The first-order chi connectivity index (χ1) is 24.0. The number of nitrogens with one attached hydrogen (secondary N) is 2. The number of hydrogen-bond acceptors (Lipinski definition) is 7. The first kappa shape index (κ1) is 35.0. The van der Waals surface area contributed by atoms with E-state index in [1.165, 1.54) is 0 Å². The number of hydrazine groups is 1. The molecular formula is C39H46N6O4S. The third-order valence-corrected chi connectivity index (χ3v) is 10.2. The molecule has 0 spiro atoms. The number of carbonyl (C=O) groups is 3. The van der Waals surface area contributed by atoms with Gasteiger partial charge in [0.1, 0.15) is 18.0 Å². The molecule has 2 atom stereocenters. The quantitative estimate of drug-likeness (QED) is 0.162. The Morgan fingerprint density at radius 2 is 1.80 bits per heavy atom. The third kappa shape index (κ3) is 7.95. The molecule has 262 valence electrons. The Morgan fingerprint density at radius 3 is 2.52 bits per heavy atom. The van der Waals surface area contributed by atoms with Gasteiger partial charge in [0.05, 0.1) is 13.1 Å². The van der Waals surface area contributed by atoms with Gasteiger partial charge in [-0.2, -0.15) is 0 Å². The first-order valence-electron chi connectivity index (χ1n) is 17.1. The molecule has 2 aliphatic rings. The van der Waals surface area contributed by atoms with Crippen LogP contribution in [0.3, 0.4) is 0 Å². The second kappa shape index (κ2) is 14.9. The molecule has 11 heteroatoms. The van der Waals surface area contributed by atoms with Crippen molar-refractivity contribution in [2.75, 3.05) is 31.5 Å². The van der Waals surface area contributed by atoms with Crippen molar-refractivity contribution in [3.8, 4) is 5.75 Å². The molecular weight excluding hydrogens is 649 g/mol. The molecule has 50 heavy (non-hydrogen) atoms. The van der Waals surface area contributed by atoms with Crippen LogP contribution in [0.5, 0.6) is 5.75 Å². The molecule has 0 bridgehead atoms. The average Bonchev–Trinajstić information content (AvgIpc) is 3.48. The van der Waals surface area contributed by atoms with Crippen molar-refractivity contribution in [2.45, 2.75) is 58.9 Å². The van der Waals surface area contributed by atoms with E-state index in [4.69, 9.17) is 0 Å². The molecule has 3 aromatic carbocycles. The molecule has 1 aromatic heterocycles. The van der Waals surface area contributed by atoms with Crippen molar-refractivity contribution in [3.63, 3.8) is 0 Å². The zero-order chi connectivity index (χ0) is 35.4. The Labute approximate surface area is 297 Å². The fraction of sp³-hybridized carbons (Fsp3) is 0.359. The number of phenolic OH excluding ortho intramolecular Hbond substituents is 1. The fourth-order valence-corrected chi connectivity index (χ4v) is 7.65. The van der Waals surface area contributed by atoms with E-state index in [0.717, 1.165) is 45.4 Å². The van der Waals surface area contributed by atoms with Gasteiger partial charge < -0.3 is 25.5 Å². The van der Waals surface area contributed by atoms with Crippen molar-refractivity contribution < 1.29 is 19.5 Å². The second-order valence-electron chi connectivity index (χ2n) is 14.2. The number of fused-ring (bicyclic) bond motifs is 2. The zero-order valence-electron chi connectivity index (χ0n) is 29.0. The lowest BCUT2D eigenvalue weighted by atomic mass is 9.92. The topological polar surface area (TPSA) is 108 Å². The maximum absolute atomic E-state index is 14.4. The number of benzene rings is 3. The molecule has 4 amide bonds. The number of phenols is 1. The van der Waals surface area contributed by atoms with Gasteiger partial charge >= 0.3 is 6.03 Å². The van der Waals surface area contributed by atoms with Crippen LogP contribution in [0.2, 0.25) is 0 Å². The lowest BCUT2D eigenvalue weighted by Crippen LogP contribution is -2.76. The highest BCUT2D eigenvalue weighted by Crippen LogP contribution is 2.33. The average molecular weight is 695 g/mol. The van der Waals surface area contributed by atoms with Crippen LogP contribution in [0.1, 0.15) is 43.9 Å². The highest BCUT2D eigenvalue weighted by molar-refractivity contribution is 7.17. The molecule has 4 aromatic rings. The minimum absolute atomic E-state index is 0.0675. The van der Waals surface area contributed by atoms with Crippen LogP contribution in [0, 0.1) is 5.41 Å². The zero-order valence-corrected chi connectivity index (χ0v) is 29.8. The number of carbonyl (C=O) groups excluding carboxylic acids is 3. The Balaban J connectivity index is 1.30. The predicted octanol–water partition coefficient (Wildman–Crippen LogP) is 6.19. The number of aromatic hydroxyl groups is 1. The Morgan fingerprint density at radius 1 is 1.04 bits per heavy atom. The molecule has 2 saturated heterocycles. The van der Waals surface area contributed by atoms with Crippen LogP contribution >= 0.6 is 11.3 Å². The molecule has 0 unspecified atom stereocenters. The van der Waals surface area contributed by atoms with E-state index in [0.29, 0.717) is 13.1 Å². The number of rotatable bonds is 11. The normalized spacial score (nSPS) is 18.3. The second-order valence-corrected chi connectivity index (χ2v) is 15.1. The minimum Gasteiger partial charge on any atom is -0.508 e. The molecule has 3 N–H and O–H groups in total. The van der Waals surface area contributed by atoms with Gasteiger partial charge in [-0.05, 0) is 63.6 Å². The van der Waals surface area contributed by atoms with Crippen LogP contribution in [-0.2, 0) is 29.1 Å². The van der Waals surface area contributed by atoms with Gasteiger partial charge in [0.2, 0.25) is 11.8 Å². The Bertz CT molecular complexity index is 1840. The molecule has 6 rings (SSSR count). The number of piperazine rings is 1. The van der Waals surface area contributed by atoms with Crippen LogP contribution in [-0.4, -0.2) is 81.2 Å². The van der Waals surface area contributed by atoms with Crippen LogP contribution in [0.4, 0.5) is 10.5 Å². The number of nitrogens with zero attached hydrogens (tertiary/aromatic N) is 4. The van der Waals surface area contributed by atoms with Crippen molar-refractivity contribution in [2.24, 2.45) is 5.41 Å². The molecule has 0 saturated carbocycles. The summed E-state index contributed by atoms with van der Waals surface area (Å²) in [6.07, 6.45) is 2.22. The van der Waals surface area contributed by atoms with Gasteiger partial charge in [0.25, 0.3) is 0 Å². The molecule has 3 heterocycles. The number of amides is 4. The summed E-state index contributed by atoms with van der Waals surface area (Å²) in [7, 11) is 0. The number of urea groups is 1. The van der Waals surface area contributed by atoms with E-state index in [1.807, 2.05) is 30.3 Å². The summed E-state index contributed by atoms with van der Waals surface area (Å²) < 4.78 is 1.12. The molecule has 10 nitrogen and oxygen atoms in total. The van der Waals surface area contributed by atoms with Crippen LogP contribution in [0.15, 0.2) is 90.8 Å². The van der Waals surface area contributed by atoms with Gasteiger partial charge in [-0.3, -0.25) is 9.59 Å². The van der Waals surface area contributed by atoms with Gasteiger partial charge in [0, 0.05) is 43.0 Å². The summed E-state index contributed by atoms with van der Waals surface area (Å²) in [5.41, 5.74) is 4.07.